The summed E-state index contributed by atoms with van der Waals surface area (Å²) >= 11 is 4.60. The van der Waals surface area contributed by atoms with Crippen molar-refractivity contribution in [1.82, 2.24) is 10.2 Å². The van der Waals surface area contributed by atoms with Gasteiger partial charge in [0.15, 0.2) is 0 Å². The average Bonchev–Trinajstić information content (AvgIpc) is 3.09. The quantitative estimate of drug-likeness (QED) is 0.360. The van der Waals surface area contributed by atoms with Gasteiger partial charge in [0.2, 0.25) is 5.89 Å². The van der Waals surface area contributed by atoms with Crippen LogP contribution in [0.4, 0.5) is 5.69 Å². The molecular formula is C16H12BrN3O4S. The maximum atomic E-state index is 10.6. The molecule has 1 aromatic heterocycles. The Labute approximate surface area is 155 Å². The number of thioether (sulfide) groups is 1. The molecule has 0 unspecified atom stereocenters. The van der Waals surface area contributed by atoms with Gasteiger partial charge >= 0.3 is 0 Å². The van der Waals surface area contributed by atoms with Crippen LogP contribution in [0.25, 0.3) is 11.5 Å². The van der Waals surface area contributed by atoms with Crippen LogP contribution in [0, 0.1) is 10.1 Å². The maximum absolute atomic E-state index is 10.6. The number of nitrogens with zero attached hydrogens (tertiary/aromatic N) is 3. The Balaban J connectivity index is 1.62. The highest BCUT2D eigenvalue weighted by molar-refractivity contribution is 9.10. The number of rotatable bonds is 6. The SMILES string of the molecule is O=[N+]([O-])c1ccc([C@H](O)CSc2nnc(-c3cccc(Br)c3)o2)cc1. The Morgan fingerprint density at radius 2 is 2.00 bits per heavy atom. The van der Waals surface area contributed by atoms with Gasteiger partial charge < -0.3 is 9.52 Å². The minimum atomic E-state index is -0.799. The molecule has 0 spiro atoms. The first-order chi connectivity index (χ1) is 12.0. The molecule has 1 N–H and O–H groups in total. The van der Waals surface area contributed by atoms with Crippen LogP contribution in [0.5, 0.6) is 0 Å². The minimum absolute atomic E-state index is 0.0147. The third kappa shape index (κ3) is 4.44. The first-order valence-corrected chi connectivity index (χ1v) is 8.95. The van der Waals surface area contributed by atoms with Crippen LogP contribution < -0.4 is 0 Å². The number of non-ortho nitro benzene ring substituents is 1. The van der Waals surface area contributed by atoms with Crippen LogP contribution in [-0.2, 0) is 0 Å². The zero-order chi connectivity index (χ0) is 17.8. The zero-order valence-corrected chi connectivity index (χ0v) is 15.1. The standard InChI is InChI=1S/C16H12BrN3O4S/c17-12-3-1-2-11(8-12)15-18-19-16(24-15)25-9-14(21)10-4-6-13(7-5-10)20(22)23/h1-8,14,21H,9H2/t14-/m1/s1. The van der Waals surface area contributed by atoms with Gasteiger partial charge in [0.05, 0.1) is 11.0 Å². The van der Waals surface area contributed by atoms with Crippen LogP contribution >= 0.6 is 27.7 Å². The van der Waals surface area contributed by atoms with E-state index in [1.807, 2.05) is 24.3 Å². The zero-order valence-electron chi connectivity index (χ0n) is 12.7. The van der Waals surface area contributed by atoms with E-state index in [9.17, 15) is 15.2 Å². The summed E-state index contributed by atoms with van der Waals surface area (Å²) < 4.78 is 6.49. The highest BCUT2D eigenvalue weighted by atomic mass is 79.9. The van der Waals surface area contributed by atoms with Gasteiger partial charge in [-0.15, -0.1) is 10.2 Å². The predicted octanol–water partition coefficient (Wildman–Crippen LogP) is 4.23. The number of aliphatic hydroxyl groups excluding tert-OH is 1. The third-order valence-electron chi connectivity index (χ3n) is 3.33. The van der Waals surface area contributed by atoms with Crippen LogP contribution in [0.2, 0.25) is 0 Å². The van der Waals surface area contributed by atoms with Crippen molar-refractivity contribution in [2.75, 3.05) is 5.75 Å². The van der Waals surface area contributed by atoms with Crippen molar-refractivity contribution in [3.8, 4) is 11.5 Å². The van der Waals surface area contributed by atoms with Crippen LogP contribution in [0.1, 0.15) is 11.7 Å². The first-order valence-electron chi connectivity index (χ1n) is 7.17. The van der Waals surface area contributed by atoms with Crippen molar-refractivity contribution in [2.24, 2.45) is 0 Å². The van der Waals surface area contributed by atoms with Gasteiger partial charge in [0.25, 0.3) is 10.9 Å². The summed E-state index contributed by atoms with van der Waals surface area (Å²) in [6.45, 7) is 0. The summed E-state index contributed by atoms with van der Waals surface area (Å²) in [5.74, 6) is 0.686. The van der Waals surface area contributed by atoms with E-state index in [-0.39, 0.29) is 11.4 Å². The van der Waals surface area contributed by atoms with Gasteiger partial charge in [0.1, 0.15) is 0 Å². The van der Waals surface area contributed by atoms with E-state index in [1.54, 1.807) is 0 Å². The number of aromatic nitrogens is 2. The number of hydrogen-bond donors (Lipinski definition) is 1. The molecule has 0 bridgehead atoms. The number of nitro benzene ring substituents is 1. The molecule has 0 amide bonds. The second-order valence-corrected chi connectivity index (χ2v) is 6.95. The van der Waals surface area contributed by atoms with Crippen LogP contribution in [0.15, 0.2) is 62.6 Å². The van der Waals surface area contributed by atoms with Gasteiger partial charge in [-0.2, -0.15) is 0 Å². The summed E-state index contributed by atoms with van der Waals surface area (Å²) in [5, 5.41) is 29.1. The molecule has 9 heteroatoms. The fourth-order valence-electron chi connectivity index (χ4n) is 2.07. The smallest absolute Gasteiger partial charge is 0.276 e. The third-order valence-corrected chi connectivity index (χ3v) is 4.72. The molecule has 3 rings (SSSR count). The summed E-state index contributed by atoms with van der Waals surface area (Å²) in [6.07, 6.45) is -0.799. The van der Waals surface area contributed by atoms with Crippen molar-refractivity contribution in [2.45, 2.75) is 11.3 Å². The monoisotopic (exact) mass is 421 g/mol. The second kappa shape index (κ2) is 7.77. The Bertz CT molecular complexity index is 885. The fraction of sp³-hybridized carbons (Fsp3) is 0.125. The summed E-state index contributed by atoms with van der Waals surface area (Å²) in [7, 11) is 0. The molecule has 0 aliphatic rings. The number of hydrogen-bond acceptors (Lipinski definition) is 7. The summed E-state index contributed by atoms with van der Waals surface area (Å²) in [4.78, 5) is 10.2. The van der Waals surface area contributed by atoms with Gasteiger partial charge in [-0.25, -0.2) is 0 Å². The highest BCUT2D eigenvalue weighted by Crippen LogP contribution is 2.28. The molecule has 0 radical (unpaired) electrons. The normalized spacial score (nSPS) is 12.1. The number of aliphatic hydroxyl groups is 1. The molecule has 0 saturated carbocycles. The van der Waals surface area contributed by atoms with Crippen molar-refractivity contribution < 1.29 is 14.4 Å². The topological polar surface area (TPSA) is 102 Å². The Kier molecular flexibility index (Phi) is 5.47. The lowest BCUT2D eigenvalue weighted by atomic mass is 10.1. The van der Waals surface area contributed by atoms with Gasteiger partial charge in [0, 0.05) is 27.9 Å². The molecule has 1 atom stereocenters. The van der Waals surface area contributed by atoms with E-state index in [0.29, 0.717) is 16.7 Å². The first kappa shape index (κ1) is 17.6. The minimum Gasteiger partial charge on any atom is -0.411 e. The molecule has 3 aromatic rings. The van der Waals surface area contributed by atoms with E-state index >= 15 is 0 Å². The predicted molar refractivity (Wildman–Crippen MR) is 96.2 cm³/mol. The summed E-state index contributed by atoms with van der Waals surface area (Å²) in [5.41, 5.74) is 1.37. The van der Waals surface area contributed by atoms with Crippen molar-refractivity contribution in [1.29, 1.82) is 0 Å². The second-order valence-electron chi connectivity index (χ2n) is 5.06. The van der Waals surface area contributed by atoms with Crippen molar-refractivity contribution in [3.63, 3.8) is 0 Å². The number of nitro groups is 1. The van der Waals surface area contributed by atoms with E-state index in [1.165, 1.54) is 36.0 Å². The fourth-order valence-corrected chi connectivity index (χ4v) is 3.20. The summed E-state index contributed by atoms with van der Waals surface area (Å²) in [6, 6.07) is 13.3. The number of halogens is 1. The van der Waals surface area contributed by atoms with Gasteiger partial charge in [-0.3, -0.25) is 10.1 Å². The van der Waals surface area contributed by atoms with E-state index < -0.39 is 11.0 Å². The van der Waals surface area contributed by atoms with Crippen LogP contribution in [-0.4, -0.2) is 26.0 Å². The molecule has 0 fully saturated rings. The van der Waals surface area contributed by atoms with Crippen LogP contribution in [0.3, 0.4) is 0 Å². The van der Waals surface area contributed by atoms with Gasteiger partial charge in [-0.05, 0) is 35.9 Å². The molecule has 0 aliphatic heterocycles. The number of benzene rings is 2. The molecular weight excluding hydrogens is 410 g/mol. The molecule has 2 aromatic carbocycles. The molecule has 1 heterocycles. The molecule has 0 aliphatic carbocycles. The molecule has 25 heavy (non-hydrogen) atoms. The van der Waals surface area contributed by atoms with Crippen molar-refractivity contribution in [3.05, 3.63) is 68.7 Å². The lowest BCUT2D eigenvalue weighted by molar-refractivity contribution is -0.384. The highest BCUT2D eigenvalue weighted by Gasteiger charge is 2.14. The lowest BCUT2D eigenvalue weighted by Gasteiger charge is -2.08. The van der Waals surface area contributed by atoms with E-state index in [2.05, 4.69) is 26.1 Å². The Hall–Kier alpha value is -2.23. The molecule has 7 nitrogen and oxygen atoms in total. The molecule has 0 saturated heterocycles. The van der Waals surface area contributed by atoms with Crippen molar-refractivity contribution >= 4 is 33.4 Å². The molecule has 128 valence electrons. The lowest BCUT2D eigenvalue weighted by Crippen LogP contribution is -2.00. The Morgan fingerprint density at radius 3 is 2.68 bits per heavy atom. The largest absolute Gasteiger partial charge is 0.411 e. The van der Waals surface area contributed by atoms with Gasteiger partial charge in [-0.1, -0.05) is 33.8 Å². The van der Waals surface area contributed by atoms with E-state index in [4.69, 9.17) is 4.42 Å². The average molecular weight is 422 g/mol. The maximum Gasteiger partial charge on any atom is 0.276 e. The Morgan fingerprint density at radius 1 is 1.24 bits per heavy atom. The van der Waals surface area contributed by atoms with E-state index in [0.717, 1.165) is 10.0 Å².